The van der Waals surface area contributed by atoms with Crippen LogP contribution in [0.1, 0.15) is 22.7 Å². The zero-order valence-corrected chi connectivity index (χ0v) is 23.3. The van der Waals surface area contributed by atoms with Crippen molar-refractivity contribution in [3.63, 3.8) is 0 Å². The minimum Gasteiger partial charge on any atom is -0.484 e. The van der Waals surface area contributed by atoms with Crippen LogP contribution in [0.5, 0.6) is 5.75 Å². The Morgan fingerprint density at radius 3 is 2.32 bits per heavy atom. The maximum Gasteiger partial charge on any atom is 0.271 e. The molecule has 1 atom stereocenters. The van der Waals surface area contributed by atoms with Gasteiger partial charge >= 0.3 is 0 Å². The summed E-state index contributed by atoms with van der Waals surface area (Å²) in [5.74, 6) is 0.313. The van der Waals surface area contributed by atoms with Gasteiger partial charge in [-0.25, -0.2) is 4.99 Å². The maximum atomic E-state index is 13.7. The van der Waals surface area contributed by atoms with Crippen molar-refractivity contribution >= 4 is 46.3 Å². The van der Waals surface area contributed by atoms with Gasteiger partial charge in [-0.2, -0.15) is 0 Å². The van der Waals surface area contributed by atoms with Crippen molar-refractivity contribution in [2.75, 3.05) is 11.9 Å². The lowest BCUT2D eigenvalue weighted by Gasteiger charge is -2.19. The van der Waals surface area contributed by atoms with E-state index in [0.29, 0.717) is 25.8 Å². The number of carbonyl (C=O) groups excluding carboxylic acids is 1. The summed E-state index contributed by atoms with van der Waals surface area (Å²) in [6.45, 7) is -0.110. The average Bonchev–Trinajstić information content (AvgIpc) is 3.32. The number of nitrogens with one attached hydrogen (secondary N) is 1. The largest absolute Gasteiger partial charge is 0.484 e. The maximum absolute atomic E-state index is 13.7. The van der Waals surface area contributed by atoms with Crippen LogP contribution in [0.25, 0.3) is 11.8 Å². The highest BCUT2D eigenvalue weighted by atomic mass is 35.5. The fourth-order valence-corrected chi connectivity index (χ4v) is 5.67. The monoisotopic (exact) mass is 577 g/mol. The van der Waals surface area contributed by atoms with E-state index in [1.54, 1.807) is 16.7 Å². The van der Waals surface area contributed by atoms with E-state index in [4.69, 9.17) is 21.3 Å². The van der Waals surface area contributed by atoms with Crippen molar-refractivity contribution in [3.05, 3.63) is 157 Å². The Morgan fingerprint density at radius 1 is 0.927 bits per heavy atom. The van der Waals surface area contributed by atoms with Gasteiger partial charge in [-0.05, 0) is 65.2 Å². The Labute approximate surface area is 245 Å². The summed E-state index contributed by atoms with van der Waals surface area (Å²) in [4.78, 5) is 31.3. The minimum absolute atomic E-state index is 0.110. The highest BCUT2D eigenvalue weighted by Gasteiger charge is 2.22. The molecule has 1 unspecified atom stereocenters. The van der Waals surface area contributed by atoms with Crippen LogP contribution in [0.4, 0.5) is 5.69 Å². The molecule has 2 heterocycles. The second kappa shape index (κ2) is 11.8. The molecule has 0 spiro atoms. The summed E-state index contributed by atoms with van der Waals surface area (Å²) in [5, 5.41) is 3.43. The van der Waals surface area contributed by atoms with Gasteiger partial charge in [0.25, 0.3) is 11.5 Å². The van der Waals surface area contributed by atoms with E-state index >= 15 is 0 Å². The van der Waals surface area contributed by atoms with Crippen LogP contribution in [-0.2, 0) is 4.79 Å². The van der Waals surface area contributed by atoms with Crippen LogP contribution < -0.4 is 24.9 Å². The molecule has 1 aliphatic rings. The minimum atomic E-state index is -0.321. The molecule has 0 radical (unpaired) electrons. The fourth-order valence-electron chi connectivity index (χ4n) is 4.53. The summed E-state index contributed by atoms with van der Waals surface area (Å²) in [5.41, 5.74) is 4.18. The number of rotatable bonds is 7. The van der Waals surface area contributed by atoms with Crippen LogP contribution in [-0.4, -0.2) is 17.1 Å². The van der Waals surface area contributed by atoms with Crippen LogP contribution in [0.2, 0.25) is 5.02 Å². The lowest BCUT2D eigenvalue weighted by molar-refractivity contribution is -0.118. The molecule has 1 aliphatic heterocycles. The van der Waals surface area contributed by atoms with E-state index < -0.39 is 0 Å². The fraction of sp³-hybridized carbons (Fsp3) is 0.0606. The van der Waals surface area contributed by atoms with Gasteiger partial charge in [0.05, 0.1) is 16.3 Å². The number of para-hydroxylation sites is 1. The molecule has 0 saturated heterocycles. The molecule has 0 bridgehead atoms. The molecule has 202 valence electrons. The first kappa shape index (κ1) is 26.5. The van der Waals surface area contributed by atoms with Gasteiger partial charge < -0.3 is 10.1 Å². The number of hydrogen-bond acceptors (Lipinski definition) is 5. The number of benzene rings is 4. The van der Waals surface area contributed by atoms with E-state index in [1.165, 1.54) is 11.3 Å². The molecule has 6 rings (SSSR count). The van der Waals surface area contributed by atoms with Crippen LogP contribution in [0, 0.1) is 0 Å². The van der Waals surface area contributed by atoms with Gasteiger partial charge in [0.15, 0.2) is 11.4 Å². The van der Waals surface area contributed by atoms with Gasteiger partial charge in [0.2, 0.25) is 0 Å². The number of fused-ring (bicyclic) bond motifs is 1. The summed E-state index contributed by atoms with van der Waals surface area (Å²) in [7, 11) is 0. The van der Waals surface area contributed by atoms with Crippen molar-refractivity contribution in [1.29, 1.82) is 0 Å². The zero-order valence-electron chi connectivity index (χ0n) is 21.7. The third kappa shape index (κ3) is 6.06. The van der Waals surface area contributed by atoms with E-state index in [9.17, 15) is 9.59 Å². The predicted molar refractivity (Wildman–Crippen MR) is 164 cm³/mol. The van der Waals surface area contributed by atoms with Crippen molar-refractivity contribution < 1.29 is 9.53 Å². The zero-order chi connectivity index (χ0) is 28.2. The van der Waals surface area contributed by atoms with Gasteiger partial charge in [-0.3, -0.25) is 14.2 Å². The number of allylic oxidation sites excluding steroid dienone is 1. The number of anilines is 1. The Hall–Kier alpha value is -4.72. The molecule has 1 aromatic heterocycles. The number of aromatic nitrogens is 1. The van der Waals surface area contributed by atoms with Crippen LogP contribution in [0.3, 0.4) is 0 Å². The molecule has 5 aromatic rings. The Balaban J connectivity index is 1.27. The number of hydrogen-bond donors (Lipinski definition) is 1. The number of carbonyl (C=O) groups is 1. The Morgan fingerprint density at radius 2 is 1.61 bits per heavy atom. The number of amides is 1. The van der Waals surface area contributed by atoms with E-state index in [-0.39, 0.29) is 24.1 Å². The number of ether oxygens (including phenoxy) is 1. The average molecular weight is 578 g/mol. The lowest BCUT2D eigenvalue weighted by atomic mass is 10.0. The van der Waals surface area contributed by atoms with E-state index in [2.05, 4.69) is 5.32 Å². The van der Waals surface area contributed by atoms with Crippen LogP contribution in [0.15, 0.2) is 125 Å². The molecular weight excluding hydrogens is 554 g/mol. The number of halogens is 1. The molecule has 4 aromatic carbocycles. The molecular formula is C33H24ClN3O3S. The van der Waals surface area contributed by atoms with Gasteiger partial charge in [-0.1, -0.05) is 95.7 Å². The molecule has 0 saturated carbocycles. The SMILES string of the molecule is O=C(COc1ccc(C=c2sc3n(c2=O)C(c2ccc(Cl)cc2)C=C(c2ccccc2)N=3)cc1)Nc1ccccc1. The highest BCUT2D eigenvalue weighted by molar-refractivity contribution is 7.07. The van der Waals surface area contributed by atoms with Crippen LogP contribution >= 0.6 is 22.9 Å². The summed E-state index contributed by atoms with van der Waals surface area (Å²) >= 11 is 7.50. The van der Waals surface area contributed by atoms with E-state index in [1.807, 2.05) is 109 Å². The van der Waals surface area contributed by atoms with Gasteiger partial charge in [0, 0.05) is 10.7 Å². The van der Waals surface area contributed by atoms with Crippen molar-refractivity contribution in [2.24, 2.45) is 4.99 Å². The molecule has 8 heteroatoms. The second-order valence-electron chi connectivity index (χ2n) is 9.37. The van der Waals surface area contributed by atoms with E-state index in [0.717, 1.165) is 22.4 Å². The first-order valence-corrected chi connectivity index (χ1v) is 14.2. The molecule has 0 fully saturated rings. The Bertz CT molecular complexity index is 1900. The molecule has 6 nitrogen and oxygen atoms in total. The number of thiazole rings is 1. The number of nitrogens with zero attached hydrogens (tertiary/aromatic N) is 2. The first-order chi connectivity index (χ1) is 20.0. The standard InChI is InChI=1S/C33H24ClN3O3S/c34-25-15-13-24(14-16-25)29-20-28(23-7-3-1-4-8-23)36-33-37(29)32(39)30(41-33)19-22-11-17-27(18-12-22)40-21-31(38)35-26-9-5-2-6-10-26/h1-20,29H,21H2,(H,35,38). The normalized spacial score (nSPS) is 14.5. The molecule has 1 amide bonds. The second-order valence-corrected chi connectivity index (χ2v) is 10.8. The Kier molecular flexibility index (Phi) is 7.63. The lowest BCUT2D eigenvalue weighted by Crippen LogP contribution is -2.36. The first-order valence-electron chi connectivity index (χ1n) is 13.0. The quantitative estimate of drug-likeness (QED) is 0.271. The summed E-state index contributed by atoms with van der Waals surface area (Å²) < 4.78 is 7.94. The van der Waals surface area contributed by atoms with Crippen molar-refractivity contribution in [1.82, 2.24) is 4.57 Å². The molecule has 0 aliphatic carbocycles. The van der Waals surface area contributed by atoms with Crippen molar-refractivity contribution in [3.8, 4) is 5.75 Å². The predicted octanol–water partition coefficient (Wildman–Crippen LogP) is 5.67. The highest BCUT2D eigenvalue weighted by Crippen LogP contribution is 2.27. The third-order valence-corrected chi connectivity index (χ3v) is 7.77. The molecule has 41 heavy (non-hydrogen) atoms. The summed E-state index contributed by atoms with van der Waals surface area (Å²) in [6.07, 6.45) is 3.87. The smallest absolute Gasteiger partial charge is 0.271 e. The molecule has 1 N–H and O–H groups in total. The third-order valence-electron chi connectivity index (χ3n) is 6.53. The topological polar surface area (TPSA) is 72.7 Å². The van der Waals surface area contributed by atoms with Crippen molar-refractivity contribution in [2.45, 2.75) is 6.04 Å². The summed E-state index contributed by atoms with van der Waals surface area (Å²) in [6, 6.07) is 33.7. The van der Waals surface area contributed by atoms with Gasteiger partial charge in [-0.15, -0.1) is 0 Å². The van der Waals surface area contributed by atoms with Gasteiger partial charge in [0.1, 0.15) is 5.75 Å².